The van der Waals surface area contributed by atoms with Crippen LogP contribution in [0.3, 0.4) is 0 Å². The summed E-state index contributed by atoms with van der Waals surface area (Å²) in [4.78, 5) is 4.26. The van der Waals surface area contributed by atoms with Gasteiger partial charge in [0.25, 0.3) is 0 Å². The first-order valence-corrected chi connectivity index (χ1v) is 5.74. The summed E-state index contributed by atoms with van der Waals surface area (Å²) in [6, 6.07) is 5.78. The van der Waals surface area contributed by atoms with Crippen molar-refractivity contribution in [2.75, 3.05) is 6.61 Å². The number of nitrogens with zero attached hydrogens (tertiary/aromatic N) is 1. The van der Waals surface area contributed by atoms with Crippen molar-refractivity contribution in [1.29, 1.82) is 0 Å². The Labute approximate surface area is 101 Å². The molecule has 2 nitrogen and oxygen atoms in total. The molecule has 84 valence electrons. The molecule has 3 heteroatoms. The van der Waals surface area contributed by atoms with Crippen molar-refractivity contribution < 1.29 is 4.74 Å². The number of benzene rings is 1. The molecule has 2 rings (SSSR count). The molecule has 1 aromatic carbocycles. The number of allylic oxidation sites excluding steroid dienone is 1. The summed E-state index contributed by atoms with van der Waals surface area (Å²) >= 11 is 6.06. The molecule has 0 saturated heterocycles. The van der Waals surface area contributed by atoms with Crippen LogP contribution in [0.25, 0.3) is 0 Å². The predicted octanol–water partition coefficient (Wildman–Crippen LogP) is 3.78. The summed E-state index contributed by atoms with van der Waals surface area (Å²) in [5.74, 6) is 0.717. The molecule has 0 aromatic heterocycles. The predicted molar refractivity (Wildman–Crippen MR) is 67.5 cm³/mol. The minimum Gasteiger partial charge on any atom is -0.486 e. The average molecular weight is 236 g/mol. The van der Waals surface area contributed by atoms with E-state index < -0.39 is 0 Å². The van der Waals surface area contributed by atoms with Crippen LogP contribution in [0.15, 0.2) is 35.0 Å². The van der Waals surface area contributed by atoms with Crippen LogP contribution in [0.1, 0.15) is 18.4 Å². The van der Waals surface area contributed by atoms with E-state index in [1.54, 1.807) is 0 Å². The first-order valence-electron chi connectivity index (χ1n) is 5.36. The summed E-state index contributed by atoms with van der Waals surface area (Å²) in [7, 11) is 0. The van der Waals surface area contributed by atoms with E-state index in [1.807, 2.05) is 31.3 Å². The average Bonchev–Trinajstić information content (AvgIpc) is 2.29. The van der Waals surface area contributed by atoms with E-state index >= 15 is 0 Å². The van der Waals surface area contributed by atoms with Gasteiger partial charge in [-0.25, -0.2) is 0 Å². The van der Waals surface area contributed by atoms with E-state index in [2.05, 4.69) is 11.1 Å². The van der Waals surface area contributed by atoms with Crippen LogP contribution in [-0.4, -0.2) is 12.8 Å². The fourth-order valence-electron chi connectivity index (χ4n) is 1.53. The van der Waals surface area contributed by atoms with Gasteiger partial charge in [0.1, 0.15) is 12.4 Å². The molecule has 0 amide bonds. The molecule has 1 aliphatic heterocycles. The summed E-state index contributed by atoms with van der Waals surface area (Å²) in [5.41, 5.74) is 2.11. The highest BCUT2D eigenvalue weighted by atomic mass is 35.5. The molecule has 0 atom stereocenters. The van der Waals surface area contributed by atoms with Gasteiger partial charge in [-0.1, -0.05) is 23.7 Å². The van der Waals surface area contributed by atoms with Crippen molar-refractivity contribution in [2.45, 2.75) is 19.8 Å². The summed E-state index contributed by atoms with van der Waals surface area (Å²) < 4.78 is 5.62. The van der Waals surface area contributed by atoms with Gasteiger partial charge in [0.05, 0.1) is 10.7 Å². The van der Waals surface area contributed by atoms with E-state index in [-0.39, 0.29) is 0 Å². The zero-order chi connectivity index (χ0) is 11.4. The van der Waals surface area contributed by atoms with Gasteiger partial charge in [-0.3, -0.25) is 4.99 Å². The Morgan fingerprint density at radius 1 is 1.38 bits per heavy atom. The molecule has 0 fully saturated rings. The van der Waals surface area contributed by atoms with Crippen molar-refractivity contribution in [3.63, 3.8) is 0 Å². The summed E-state index contributed by atoms with van der Waals surface area (Å²) in [6.45, 7) is 2.49. The van der Waals surface area contributed by atoms with Gasteiger partial charge in [0.2, 0.25) is 0 Å². The minimum absolute atomic E-state index is 0.485. The second kappa shape index (κ2) is 5.17. The van der Waals surface area contributed by atoms with Gasteiger partial charge in [-0.05, 0) is 37.5 Å². The Hall–Kier alpha value is -1.28. The van der Waals surface area contributed by atoms with Gasteiger partial charge < -0.3 is 4.74 Å². The fraction of sp³-hybridized carbons (Fsp3) is 0.308. The third kappa shape index (κ3) is 2.86. The topological polar surface area (TPSA) is 21.6 Å². The highest BCUT2D eigenvalue weighted by molar-refractivity contribution is 6.32. The van der Waals surface area contributed by atoms with Gasteiger partial charge in [-0.2, -0.15) is 0 Å². The van der Waals surface area contributed by atoms with Gasteiger partial charge in [-0.15, -0.1) is 0 Å². The number of aliphatic imine (C=N–C) groups is 1. The number of ether oxygens (including phenoxy) is 1. The zero-order valence-corrected chi connectivity index (χ0v) is 10.00. The standard InChI is InChI=1S/C13H14ClNO/c1-10-5-6-13(12(14)8-10)16-9-11-4-2-3-7-15-11/h4-8H,2-3,9H2,1H3. The normalized spacial score (nSPS) is 14.8. The Morgan fingerprint density at radius 2 is 2.25 bits per heavy atom. The lowest BCUT2D eigenvalue weighted by Crippen LogP contribution is -2.02. The van der Waals surface area contributed by atoms with Gasteiger partial charge >= 0.3 is 0 Å². The molecular formula is C13H14ClNO. The Bertz CT molecular complexity index is 438. The third-order valence-corrected chi connectivity index (χ3v) is 2.69. The van der Waals surface area contributed by atoms with E-state index in [0.29, 0.717) is 17.4 Å². The largest absolute Gasteiger partial charge is 0.486 e. The minimum atomic E-state index is 0.485. The number of hydrogen-bond acceptors (Lipinski definition) is 2. The number of aryl methyl sites for hydroxylation is 1. The van der Waals surface area contributed by atoms with Gasteiger partial charge in [0.15, 0.2) is 0 Å². The molecule has 0 aliphatic carbocycles. The lowest BCUT2D eigenvalue weighted by atomic mass is 10.2. The van der Waals surface area contributed by atoms with Crippen LogP contribution in [-0.2, 0) is 0 Å². The van der Waals surface area contributed by atoms with Crippen LogP contribution in [0.2, 0.25) is 5.02 Å². The molecule has 0 N–H and O–H groups in total. The first kappa shape index (κ1) is 11.2. The Morgan fingerprint density at radius 3 is 2.94 bits per heavy atom. The number of rotatable bonds is 3. The highest BCUT2D eigenvalue weighted by Gasteiger charge is 2.04. The van der Waals surface area contributed by atoms with E-state index in [0.717, 1.165) is 24.1 Å². The second-order valence-electron chi connectivity index (χ2n) is 3.81. The quantitative estimate of drug-likeness (QED) is 0.782. The molecule has 1 heterocycles. The second-order valence-corrected chi connectivity index (χ2v) is 4.21. The van der Waals surface area contributed by atoms with Crippen molar-refractivity contribution in [3.8, 4) is 5.75 Å². The maximum absolute atomic E-state index is 6.06. The Balaban J connectivity index is 1.99. The van der Waals surface area contributed by atoms with Crippen LogP contribution in [0, 0.1) is 6.92 Å². The monoisotopic (exact) mass is 235 g/mol. The first-order chi connectivity index (χ1) is 7.75. The maximum atomic E-state index is 6.06. The molecule has 0 spiro atoms. The van der Waals surface area contributed by atoms with Crippen LogP contribution in [0.5, 0.6) is 5.75 Å². The zero-order valence-electron chi connectivity index (χ0n) is 9.24. The van der Waals surface area contributed by atoms with Crippen molar-refractivity contribution in [1.82, 2.24) is 0 Å². The number of hydrogen-bond donors (Lipinski definition) is 0. The van der Waals surface area contributed by atoms with Crippen molar-refractivity contribution in [3.05, 3.63) is 40.6 Å². The highest BCUT2D eigenvalue weighted by Crippen LogP contribution is 2.25. The SMILES string of the molecule is Cc1ccc(OCC2=CCCC=N2)c(Cl)c1. The van der Waals surface area contributed by atoms with Crippen LogP contribution < -0.4 is 4.74 Å². The van der Waals surface area contributed by atoms with E-state index in [9.17, 15) is 0 Å². The maximum Gasteiger partial charge on any atom is 0.138 e. The van der Waals surface area contributed by atoms with Crippen LogP contribution >= 0.6 is 11.6 Å². The molecule has 0 radical (unpaired) electrons. The van der Waals surface area contributed by atoms with Crippen molar-refractivity contribution in [2.24, 2.45) is 4.99 Å². The lowest BCUT2D eigenvalue weighted by Gasteiger charge is -2.10. The van der Waals surface area contributed by atoms with E-state index in [4.69, 9.17) is 16.3 Å². The van der Waals surface area contributed by atoms with Crippen LogP contribution in [0.4, 0.5) is 0 Å². The van der Waals surface area contributed by atoms with Gasteiger partial charge in [0, 0.05) is 6.21 Å². The molecule has 16 heavy (non-hydrogen) atoms. The molecule has 0 saturated carbocycles. The molecule has 1 aromatic rings. The smallest absolute Gasteiger partial charge is 0.138 e. The fourth-order valence-corrected chi connectivity index (χ4v) is 1.82. The summed E-state index contributed by atoms with van der Waals surface area (Å²) in [5, 5.41) is 0.653. The Kier molecular flexibility index (Phi) is 3.62. The third-order valence-electron chi connectivity index (χ3n) is 2.40. The van der Waals surface area contributed by atoms with E-state index in [1.165, 1.54) is 0 Å². The molecular weight excluding hydrogens is 222 g/mol. The molecule has 1 aliphatic rings. The lowest BCUT2D eigenvalue weighted by molar-refractivity contribution is 0.350. The summed E-state index contributed by atoms with van der Waals surface area (Å²) in [6.07, 6.45) is 6.09. The van der Waals surface area contributed by atoms with Crippen molar-refractivity contribution >= 4 is 17.8 Å². The molecule has 0 unspecified atom stereocenters. The molecule has 0 bridgehead atoms. The number of halogens is 1.